The molecule has 0 spiro atoms. The van der Waals surface area contributed by atoms with Crippen molar-refractivity contribution < 1.29 is 9.59 Å². The van der Waals surface area contributed by atoms with E-state index < -0.39 is 0 Å². The smallest absolute Gasteiger partial charge is 0.211 e. The summed E-state index contributed by atoms with van der Waals surface area (Å²) < 4.78 is 0. The molecule has 0 aromatic carbocycles. The van der Waals surface area contributed by atoms with Crippen molar-refractivity contribution in [3.63, 3.8) is 0 Å². The lowest BCUT2D eigenvalue weighted by atomic mass is 9.79. The van der Waals surface area contributed by atoms with Gasteiger partial charge < -0.3 is 0 Å². The van der Waals surface area contributed by atoms with E-state index in [9.17, 15) is 9.59 Å². The molecule has 0 N–H and O–H groups in total. The highest BCUT2D eigenvalue weighted by Crippen LogP contribution is 2.52. The largest absolute Gasteiger partial charge is 0.234 e. The summed E-state index contributed by atoms with van der Waals surface area (Å²) in [5.41, 5.74) is 0. The molecule has 0 aliphatic heterocycles. The Kier molecular flexibility index (Phi) is 3.66. The molecule has 4 atom stereocenters. The van der Waals surface area contributed by atoms with Gasteiger partial charge in [0.05, 0.1) is 13.1 Å². The van der Waals surface area contributed by atoms with Gasteiger partial charge in [-0.15, -0.1) is 0 Å². The molecule has 0 aromatic rings. The van der Waals surface area contributed by atoms with Crippen molar-refractivity contribution in [3.05, 3.63) is 0 Å². The van der Waals surface area contributed by atoms with Crippen molar-refractivity contribution in [1.82, 2.24) is 0 Å². The van der Waals surface area contributed by atoms with Gasteiger partial charge in [-0.3, -0.25) is 0 Å². The summed E-state index contributed by atoms with van der Waals surface area (Å²) in [5, 5.41) is 0. The van der Waals surface area contributed by atoms with Crippen molar-refractivity contribution in [3.8, 4) is 0 Å². The van der Waals surface area contributed by atoms with Gasteiger partial charge in [0.25, 0.3) is 0 Å². The van der Waals surface area contributed by atoms with Crippen molar-refractivity contribution in [2.24, 2.45) is 33.7 Å². The monoisotopic (exact) mass is 220 g/mol. The third kappa shape index (κ3) is 2.29. The molecule has 16 heavy (non-hydrogen) atoms. The first-order chi connectivity index (χ1) is 7.85. The summed E-state index contributed by atoms with van der Waals surface area (Å²) in [6.45, 7) is 1.24. The van der Waals surface area contributed by atoms with E-state index in [0.717, 1.165) is 12.3 Å². The Balaban J connectivity index is 1.88. The predicted molar refractivity (Wildman–Crippen MR) is 58.4 cm³/mol. The van der Waals surface area contributed by atoms with Gasteiger partial charge in [-0.1, -0.05) is 0 Å². The number of isocyanates is 2. The summed E-state index contributed by atoms with van der Waals surface area (Å²) in [4.78, 5) is 27.4. The molecule has 2 fully saturated rings. The van der Waals surface area contributed by atoms with E-state index in [1.165, 1.54) is 19.3 Å². The molecule has 2 rings (SSSR count). The van der Waals surface area contributed by atoms with Gasteiger partial charge in [-0.25, -0.2) is 19.6 Å². The van der Waals surface area contributed by atoms with Gasteiger partial charge in [0.15, 0.2) is 0 Å². The van der Waals surface area contributed by atoms with Crippen LogP contribution in [0.2, 0.25) is 0 Å². The van der Waals surface area contributed by atoms with E-state index in [0.29, 0.717) is 30.8 Å². The topological polar surface area (TPSA) is 58.9 Å². The summed E-state index contributed by atoms with van der Waals surface area (Å²) in [5.74, 6) is 2.72. The number of rotatable bonds is 5. The first kappa shape index (κ1) is 11.3. The molecule has 3 unspecified atom stereocenters. The molecular formula is C12H16N2O2. The first-order valence-electron chi connectivity index (χ1n) is 5.92. The number of nitrogens with zero attached hydrogens (tertiary/aromatic N) is 2. The zero-order valence-electron chi connectivity index (χ0n) is 9.26. The fourth-order valence-corrected chi connectivity index (χ4v) is 3.62. The summed E-state index contributed by atoms with van der Waals surface area (Å²) in [7, 11) is 0. The zero-order valence-corrected chi connectivity index (χ0v) is 9.26. The van der Waals surface area contributed by atoms with Crippen LogP contribution >= 0.6 is 0 Å². The average molecular weight is 220 g/mol. The Morgan fingerprint density at radius 3 is 2.44 bits per heavy atom. The van der Waals surface area contributed by atoms with Crippen LogP contribution in [0.25, 0.3) is 0 Å². The molecule has 0 heterocycles. The Labute approximate surface area is 94.9 Å². The highest BCUT2D eigenvalue weighted by Gasteiger charge is 2.45. The Hall–Kier alpha value is -1.24. The molecule has 2 saturated carbocycles. The number of fused-ring (bicyclic) bond motifs is 2. The molecule has 0 saturated heterocycles. The van der Waals surface area contributed by atoms with E-state index in [1.807, 2.05) is 0 Å². The van der Waals surface area contributed by atoms with E-state index in [2.05, 4.69) is 9.98 Å². The molecule has 4 nitrogen and oxygen atoms in total. The van der Waals surface area contributed by atoms with Crippen LogP contribution in [0.15, 0.2) is 9.98 Å². The molecule has 0 amide bonds. The third-order valence-corrected chi connectivity index (χ3v) is 4.16. The van der Waals surface area contributed by atoms with Crippen LogP contribution in [0.3, 0.4) is 0 Å². The zero-order chi connectivity index (χ0) is 11.4. The fourth-order valence-electron chi connectivity index (χ4n) is 3.62. The van der Waals surface area contributed by atoms with Crippen molar-refractivity contribution in [2.45, 2.75) is 25.7 Å². The normalized spacial score (nSPS) is 35.5. The number of hydrogen-bond acceptors (Lipinski definition) is 4. The first-order valence-corrected chi connectivity index (χ1v) is 5.92. The van der Waals surface area contributed by atoms with Crippen LogP contribution in [-0.4, -0.2) is 25.2 Å². The maximum atomic E-state index is 10.1. The van der Waals surface area contributed by atoms with Crippen LogP contribution in [0.5, 0.6) is 0 Å². The molecule has 2 bridgehead atoms. The van der Waals surface area contributed by atoms with Crippen molar-refractivity contribution >= 4 is 12.2 Å². The van der Waals surface area contributed by atoms with Crippen LogP contribution in [-0.2, 0) is 9.59 Å². The van der Waals surface area contributed by atoms with Crippen LogP contribution in [0.4, 0.5) is 0 Å². The van der Waals surface area contributed by atoms with Gasteiger partial charge in [-0.2, -0.15) is 0 Å². The van der Waals surface area contributed by atoms with Crippen molar-refractivity contribution in [1.29, 1.82) is 0 Å². The van der Waals surface area contributed by atoms with Gasteiger partial charge in [-0.05, 0) is 49.4 Å². The summed E-state index contributed by atoms with van der Waals surface area (Å²) in [6, 6.07) is 0. The predicted octanol–water partition coefficient (Wildman–Crippen LogP) is 1.71. The standard InChI is InChI=1S/C12H16N2O2/c15-7-13-2-1-10-3-9-4-11(6-14-8-16)12(10)5-9/h9-12H,1-6H2/t9?,10?,11?,12-/m0/s1. The van der Waals surface area contributed by atoms with Crippen LogP contribution < -0.4 is 0 Å². The lowest BCUT2D eigenvalue weighted by Gasteiger charge is -2.27. The van der Waals surface area contributed by atoms with Crippen LogP contribution in [0.1, 0.15) is 25.7 Å². The van der Waals surface area contributed by atoms with Crippen molar-refractivity contribution in [2.75, 3.05) is 13.1 Å². The van der Waals surface area contributed by atoms with E-state index in [1.54, 1.807) is 12.2 Å². The van der Waals surface area contributed by atoms with E-state index in [4.69, 9.17) is 0 Å². The third-order valence-electron chi connectivity index (χ3n) is 4.16. The van der Waals surface area contributed by atoms with E-state index >= 15 is 0 Å². The van der Waals surface area contributed by atoms with Gasteiger partial charge >= 0.3 is 0 Å². The number of hydrogen-bond donors (Lipinski definition) is 0. The molecular weight excluding hydrogens is 204 g/mol. The van der Waals surface area contributed by atoms with Gasteiger partial charge in [0.1, 0.15) is 0 Å². The number of carbonyl (C=O) groups excluding carboxylic acids is 2. The van der Waals surface area contributed by atoms with Gasteiger partial charge in [0.2, 0.25) is 12.2 Å². The highest BCUT2D eigenvalue weighted by atomic mass is 16.1. The summed E-state index contributed by atoms with van der Waals surface area (Å²) in [6.07, 6.45) is 7.94. The second kappa shape index (κ2) is 5.20. The second-order valence-electron chi connectivity index (χ2n) is 4.95. The Bertz CT molecular complexity index is 341. The second-order valence-corrected chi connectivity index (χ2v) is 4.95. The highest BCUT2D eigenvalue weighted by molar-refractivity contribution is 5.33. The molecule has 2 aliphatic rings. The summed E-state index contributed by atoms with van der Waals surface area (Å²) >= 11 is 0. The van der Waals surface area contributed by atoms with Gasteiger partial charge in [0, 0.05) is 0 Å². The average Bonchev–Trinajstić information content (AvgIpc) is 2.86. The minimum Gasteiger partial charge on any atom is -0.211 e. The van der Waals surface area contributed by atoms with E-state index in [-0.39, 0.29) is 0 Å². The fraction of sp³-hybridized carbons (Fsp3) is 0.833. The molecule has 0 radical (unpaired) electrons. The lowest BCUT2D eigenvalue weighted by molar-refractivity contribution is 0.235. The molecule has 2 aliphatic carbocycles. The minimum atomic E-state index is 0.561. The Morgan fingerprint density at radius 1 is 1.00 bits per heavy atom. The number of aliphatic imine (C=N–C) groups is 2. The maximum Gasteiger partial charge on any atom is 0.234 e. The Morgan fingerprint density at radius 2 is 1.75 bits per heavy atom. The minimum absolute atomic E-state index is 0.561. The SMILES string of the molecule is O=C=NCCC1CC2CC(CN=C=O)[C@H]1C2. The molecule has 0 aromatic heterocycles. The lowest BCUT2D eigenvalue weighted by Crippen LogP contribution is -2.22. The molecule has 86 valence electrons. The molecule has 4 heteroatoms. The maximum absolute atomic E-state index is 10.1. The quantitative estimate of drug-likeness (QED) is 0.523. The van der Waals surface area contributed by atoms with Crippen LogP contribution in [0, 0.1) is 23.7 Å².